The highest BCUT2D eigenvalue weighted by Crippen LogP contribution is 2.19. The highest BCUT2D eigenvalue weighted by molar-refractivity contribution is 5.69. The van der Waals surface area contributed by atoms with Crippen LogP contribution in [-0.2, 0) is 9.53 Å². The van der Waals surface area contributed by atoms with Crippen molar-refractivity contribution in [3.8, 4) is 0 Å². The molecule has 1 atom stereocenters. The van der Waals surface area contributed by atoms with Gasteiger partial charge in [-0.2, -0.15) is 0 Å². The molecule has 0 spiro atoms. The second kappa shape index (κ2) is 46.4. The Bertz CT molecular complexity index is 1090. The maximum absolute atomic E-state index is 12.3. The largest absolute Gasteiger partial charge is 0.462 e. The number of carbonyl (C=O) groups is 1. The van der Waals surface area contributed by atoms with Gasteiger partial charge in [-0.25, -0.2) is 0 Å². The summed E-state index contributed by atoms with van der Waals surface area (Å²) in [5.74, 6) is 0.0568. The lowest BCUT2D eigenvalue weighted by Crippen LogP contribution is -2.18. The zero-order valence-electron chi connectivity index (χ0n) is 42.7. The van der Waals surface area contributed by atoms with Gasteiger partial charge in [0, 0.05) is 6.42 Å². The number of carbonyl (C=O) groups excluding carboxylic acids is 1. The van der Waals surface area contributed by atoms with Crippen LogP contribution in [0, 0.1) is 0 Å². The zero-order valence-corrected chi connectivity index (χ0v) is 42.7. The molecule has 0 saturated carbocycles. The van der Waals surface area contributed by atoms with Crippen molar-refractivity contribution in [3.05, 3.63) is 69.9 Å². The predicted octanol–water partition coefficient (Wildman–Crippen LogP) is 20.5. The number of rotatable bonds is 39. The molecule has 0 saturated heterocycles. The second-order valence-corrected chi connectivity index (χ2v) is 18.9. The molecule has 0 heterocycles. The molecule has 0 fully saturated rings. The molecule has 0 amide bonds. The maximum Gasteiger partial charge on any atom is 0.306 e. The van der Waals surface area contributed by atoms with E-state index in [1.165, 1.54) is 220 Å². The summed E-state index contributed by atoms with van der Waals surface area (Å²) < 4.78 is 5.91. The van der Waals surface area contributed by atoms with E-state index in [1.54, 1.807) is 0 Å². The molecular formula is C58H106O2. The van der Waals surface area contributed by atoms with Gasteiger partial charge in [-0.1, -0.05) is 200 Å². The minimum atomic E-state index is 0.0568. The zero-order chi connectivity index (χ0) is 44.9. The van der Waals surface area contributed by atoms with Gasteiger partial charge in [-0.3, -0.25) is 4.79 Å². The molecule has 0 aromatic carbocycles. The molecule has 2 nitrogen and oxygen atoms in total. The molecule has 0 aliphatic rings. The van der Waals surface area contributed by atoms with Crippen LogP contribution in [0.3, 0.4) is 0 Å². The van der Waals surface area contributed by atoms with Gasteiger partial charge < -0.3 is 4.74 Å². The Morgan fingerprint density at radius 1 is 0.350 bits per heavy atom. The van der Waals surface area contributed by atoms with E-state index in [0.29, 0.717) is 6.42 Å². The number of esters is 1. The van der Waals surface area contributed by atoms with Crippen molar-refractivity contribution in [2.24, 2.45) is 0 Å². The lowest BCUT2D eigenvalue weighted by atomic mass is 10.0. The third-order valence-corrected chi connectivity index (χ3v) is 11.7. The van der Waals surface area contributed by atoms with Crippen molar-refractivity contribution in [1.82, 2.24) is 0 Å². The molecule has 60 heavy (non-hydrogen) atoms. The van der Waals surface area contributed by atoms with Crippen molar-refractivity contribution in [1.29, 1.82) is 0 Å². The van der Waals surface area contributed by atoms with Gasteiger partial charge in [0.25, 0.3) is 0 Å². The van der Waals surface area contributed by atoms with Gasteiger partial charge in [0.2, 0.25) is 0 Å². The van der Waals surface area contributed by atoms with Gasteiger partial charge in [0.15, 0.2) is 0 Å². The van der Waals surface area contributed by atoms with Gasteiger partial charge in [0.05, 0.1) is 0 Å². The molecule has 0 radical (unpaired) electrons. The third-order valence-electron chi connectivity index (χ3n) is 11.7. The van der Waals surface area contributed by atoms with E-state index < -0.39 is 0 Å². The number of ether oxygens (including phenoxy) is 1. The molecule has 350 valence electrons. The van der Waals surface area contributed by atoms with Crippen LogP contribution in [0.15, 0.2) is 69.9 Å². The topological polar surface area (TPSA) is 26.3 Å². The molecule has 0 aromatic heterocycles. The van der Waals surface area contributed by atoms with Crippen LogP contribution in [0.25, 0.3) is 0 Å². The Morgan fingerprint density at radius 3 is 0.983 bits per heavy atom. The fourth-order valence-corrected chi connectivity index (χ4v) is 7.55. The summed E-state index contributed by atoms with van der Waals surface area (Å²) in [4.78, 5) is 12.3. The predicted molar refractivity (Wildman–Crippen MR) is 273 cm³/mol. The van der Waals surface area contributed by atoms with Crippen LogP contribution in [-0.4, -0.2) is 12.1 Å². The molecular weight excluding hydrogens is 729 g/mol. The molecule has 2 heteroatoms. The van der Waals surface area contributed by atoms with E-state index in [4.69, 9.17) is 4.74 Å². The normalized spacial score (nSPS) is 12.8. The Balaban J connectivity index is 0. The maximum atomic E-state index is 12.3. The van der Waals surface area contributed by atoms with Crippen molar-refractivity contribution >= 4 is 5.97 Å². The van der Waals surface area contributed by atoms with Crippen LogP contribution in [0.2, 0.25) is 0 Å². The van der Waals surface area contributed by atoms with E-state index in [9.17, 15) is 4.79 Å². The van der Waals surface area contributed by atoms with Crippen molar-refractivity contribution in [2.75, 3.05) is 0 Å². The summed E-state index contributed by atoms with van der Waals surface area (Å²) in [5, 5.41) is 0. The number of hydrogen-bond donors (Lipinski definition) is 0. The lowest BCUT2D eigenvalue weighted by molar-refractivity contribution is -0.150. The van der Waals surface area contributed by atoms with Gasteiger partial charge in [-0.15, -0.1) is 0 Å². The minimum Gasteiger partial charge on any atom is -0.462 e. The SMILES string of the molecule is CC(C)=CCC/C(C)=C/CC/C(C)=C/CC/C=C(\C)CC/C=C(\C)CCC=C(C)C.CCCCCCCCCCCC(=O)OC(CCCCCC)CCCCCCCCC. The number of unbranched alkanes of at least 4 members (excludes halogenated alkanes) is 18. The lowest BCUT2D eigenvalue weighted by Gasteiger charge is -2.18. The summed E-state index contributed by atoms with van der Waals surface area (Å²) in [6.07, 6.45) is 55.1. The molecule has 0 aromatic rings. The summed E-state index contributed by atoms with van der Waals surface area (Å²) in [6, 6.07) is 0. The standard InChI is InChI=1S/C30H50.C28H56O2/c1-25(2)15-11-19-29(7)23-13-21-27(5)17-9-10-18-28(6)22-14-24-30(8)20-12-16-26(3)4;1-4-7-10-13-15-16-18-20-23-26-28(29)30-27(24-21-12-9-6-3)25-22-19-17-14-11-8-5-2/h15-18,23-24H,9-14,19-22H2,1-8H3;27H,4-26H2,1-3H3/b27-17+,28-18+,29-23+,30-24+;. The van der Waals surface area contributed by atoms with Crippen LogP contribution >= 0.6 is 0 Å². The highest BCUT2D eigenvalue weighted by atomic mass is 16.5. The fraction of sp³-hybridized carbons (Fsp3) is 0.776. The third kappa shape index (κ3) is 48.6. The average Bonchev–Trinajstić information content (AvgIpc) is 3.20. The Labute approximate surface area is 378 Å². The molecule has 1 unspecified atom stereocenters. The Morgan fingerprint density at radius 2 is 0.633 bits per heavy atom. The Hall–Kier alpha value is -2.09. The first-order valence-corrected chi connectivity index (χ1v) is 26.0. The van der Waals surface area contributed by atoms with Crippen molar-refractivity contribution < 1.29 is 9.53 Å². The van der Waals surface area contributed by atoms with Crippen LogP contribution in [0.4, 0.5) is 0 Å². The first-order chi connectivity index (χ1) is 28.9. The molecule has 0 rings (SSSR count). The summed E-state index contributed by atoms with van der Waals surface area (Å²) >= 11 is 0. The molecule has 0 aliphatic heterocycles. The summed E-state index contributed by atoms with van der Waals surface area (Å²) in [7, 11) is 0. The molecule has 0 N–H and O–H groups in total. The molecule has 0 aliphatic carbocycles. The highest BCUT2D eigenvalue weighted by Gasteiger charge is 2.14. The first kappa shape index (κ1) is 60.0. The second-order valence-electron chi connectivity index (χ2n) is 18.9. The minimum absolute atomic E-state index is 0.0568. The monoisotopic (exact) mass is 835 g/mol. The van der Waals surface area contributed by atoms with Crippen molar-refractivity contribution in [3.63, 3.8) is 0 Å². The van der Waals surface area contributed by atoms with Crippen LogP contribution in [0.1, 0.15) is 288 Å². The first-order valence-electron chi connectivity index (χ1n) is 26.0. The smallest absolute Gasteiger partial charge is 0.306 e. The van der Waals surface area contributed by atoms with E-state index in [0.717, 1.165) is 19.3 Å². The van der Waals surface area contributed by atoms with Crippen LogP contribution in [0.5, 0.6) is 0 Å². The summed E-state index contributed by atoms with van der Waals surface area (Å²) in [6.45, 7) is 24.6. The van der Waals surface area contributed by atoms with Gasteiger partial charge in [-0.05, 0) is 152 Å². The average molecular weight is 835 g/mol. The number of allylic oxidation sites excluding steroid dienone is 12. The van der Waals surface area contributed by atoms with Crippen LogP contribution < -0.4 is 0 Å². The Kier molecular flexibility index (Phi) is 46.4. The molecule has 0 bridgehead atoms. The van der Waals surface area contributed by atoms with E-state index in [-0.39, 0.29) is 12.1 Å². The van der Waals surface area contributed by atoms with Gasteiger partial charge in [0.1, 0.15) is 6.10 Å². The van der Waals surface area contributed by atoms with E-state index in [1.807, 2.05) is 0 Å². The van der Waals surface area contributed by atoms with Crippen molar-refractivity contribution in [2.45, 2.75) is 294 Å². The van der Waals surface area contributed by atoms with Gasteiger partial charge >= 0.3 is 5.97 Å². The number of hydrogen-bond acceptors (Lipinski definition) is 2. The quantitative estimate of drug-likeness (QED) is 0.0350. The van der Waals surface area contributed by atoms with E-state index >= 15 is 0 Å². The fourth-order valence-electron chi connectivity index (χ4n) is 7.55. The summed E-state index contributed by atoms with van der Waals surface area (Å²) in [5.41, 5.74) is 8.97. The van der Waals surface area contributed by atoms with E-state index in [2.05, 4.69) is 113 Å².